The molecule has 12 heteroatoms. The fourth-order valence-electron chi connectivity index (χ4n) is 9.56. The van der Waals surface area contributed by atoms with Gasteiger partial charge < -0.3 is 57.0 Å². The van der Waals surface area contributed by atoms with E-state index in [2.05, 4.69) is 88.0 Å². The van der Waals surface area contributed by atoms with Crippen LogP contribution in [-0.4, -0.2) is 170 Å². The molecule has 0 saturated carbocycles. The molecule has 10 atom stereocenters. The molecule has 6 rings (SSSR count). The summed E-state index contributed by atoms with van der Waals surface area (Å²) in [4.78, 5) is 2.52. The zero-order chi connectivity index (χ0) is 51.0. The summed E-state index contributed by atoms with van der Waals surface area (Å²) in [5.74, 6) is 9.29. The number of rotatable bonds is 19. The number of ether oxygens (including phenoxy) is 11. The predicted molar refractivity (Wildman–Crippen MR) is 279 cm³/mol. The zero-order valence-electron chi connectivity index (χ0n) is 47.6. The minimum atomic E-state index is 0.354. The minimum absolute atomic E-state index is 0.354. The maximum Gasteiger partial charge on any atom is 0.0812 e. The highest BCUT2D eigenvalue weighted by Gasteiger charge is 2.31. The van der Waals surface area contributed by atoms with E-state index >= 15 is 0 Å². The van der Waals surface area contributed by atoms with Crippen LogP contribution in [0.3, 0.4) is 0 Å². The lowest BCUT2D eigenvalue weighted by Gasteiger charge is -2.33. The summed E-state index contributed by atoms with van der Waals surface area (Å²) < 4.78 is 57.9. The molecular weight excluding hydrogens is 863 g/mol. The molecule has 408 valence electrons. The first kappa shape index (κ1) is 65.5. The summed E-state index contributed by atoms with van der Waals surface area (Å²) in [5, 5.41) is 0. The smallest absolute Gasteiger partial charge is 0.0812 e. The van der Waals surface area contributed by atoms with Gasteiger partial charge in [-0.15, -0.1) is 0 Å². The third kappa shape index (κ3) is 28.7. The van der Waals surface area contributed by atoms with Gasteiger partial charge in [-0.3, -0.25) is 0 Å². The van der Waals surface area contributed by atoms with E-state index in [1.165, 1.54) is 58.0 Å². The van der Waals surface area contributed by atoms with Crippen molar-refractivity contribution in [1.29, 1.82) is 0 Å². The highest BCUT2D eigenvalue weighted by Crippen LogP contribution is 2.30. The molecule has 6 aliphatic heterocycles. The lowest BCUT2D eigenvalue weighted by atomic mass is 9.87. The van der Waals surface area contributed by atoms with Gasteiger partial charge in [0.15, 0.2) is 0 Å². The Bertz CT molecular complexity index is 973. The van der Waals surface area contributed by atoms with Crippen molar-refractivity contribution in [2.45, 2.75) is 159 Å². The van der Waals surface area contributed by atoms with Crippen molar-refractivity contribution < 1.29 is 52.1 Å². The standard InChI is InChI=1S/C11H23NO.5C9H18O2/c1-10(2)11-4-6-12(7-5-11)8-9-13-3;5*1-7(2)8-4-9(6-10-3)11-5-8/h10-11H,4-9H2,1-3H3;5*7-9H,4-6H2,1-3H3/t;2*8-,9+;2*8-,9-;/m.1010./s1. The fourth-order valence-corrected chi connectivity index (χ4v) is 9.56. The Morgan fingerprint density at radius 1 is 0.338 bits per heavy atom. The molecule has 0 aromatic heterocycles. The second kappa shape index (κ2) is 39.0. The highest BCUT2D eigenvalue weighted by atomic mass is 16.5. The molecule has 68 heavy (non-hydrogen) atoms. The van der Waals surface area contributed by atoms with E-state index in [0.717, 1.165) is 150 Å². The maximum absolute atomic E-state index is 5.54. The van der Waals surface area contributed by atoms with Crippen LogP contribution in [0.15, 0.2) is 0 Å². The summed E-state index contributed by atoms with van der Waals surface area (Å²) >= 11 is 0. The summed E-state index contributed by atoms with van der Waals surface area (Å²) in [7, 11) is 10.4. The van der Waals surface area contributed by atoms with Crippen LogP contribution in [0.4, 0.5) is 0 Å². The number of hydrogen-bond acceptors (Lipinski definition) is 12. The van der Waals surface area contributed by atoms with Gasteiger partial charge in [0.1, 0.15) is 0 Å². The van der Waals surface area contributed by atoms with Gasteiger partial charge in [0.05, 0.1) is 103 Å². The first-order chi connectivity index (χ1) is 32.4. The van der Waals surface area contributed by atoms with E-state index in [-0.39, 0.29) is 0 Å². The molecular formula is C56H113NO11. The second-order valence-electron chi connectivity index (χ2n) is 22.7. The third-order valence-electron chi connectivity index (χ3n) is 15.2. The van der Waals surface area contributed by atoms with Gasteiger partial charge in [-0.25, -0.2) is 0 Å². The zero-order valence-corrected chi connectivity index (χ0v) is 47.6. The average molecular weight is 977 g/mol. The van der Waals surface area contributed by atoms with E-state index in [0.29, 0.717) is 30.5 Å². The lowest BCUT2D eigenvalue weighted by molar-refractivity contribution is 0.0362. The summed E-state index contributed by atoms with van der Waals surface area (Å²) in [5.41, 5.74) is 0. The van der Waals surface area contributed by atoms with E-state index in [1.54, 1.807) is 42.7 Å². The van der Waals surface area contributed by atoms with Crippen molar-refractivity contribution in [2.75, 3.05) is 135 Å². The van der Waals surface area contributed by atoms with Crippen molar-refractivity contribution in [3.8, 4) is 0 Å². The van der Waals surface area contributed by atoms with Crippen molar-refractivity contribution in [2.24, 2.45) is 71.0 Å². The molecule has 0 aliphatic carbocycles. The molecule has 2 unspecified atom stereocenters. The monoisotopic (exact) mass is 976 g/mol. The Morgan fingerprint density at radius 2 is 0.559 bits per heavy atom. The molecule has 0 aromatic rings. The number of hydrogen-bond donors (Lipinski definition) is 0. The Morgan fingerprint density at radius 3 is 0.721 bits per heavy atom. The van der Waals surface area contributed by atoms with Gasteiger partial charge >= 0.3 is 0 Å². The Hall–Kier alpha value is -0.480. The molecule has 0 radical (unpaired) electrons. The largest absolute Gasteiger partial charge is 0.383 e. The topological polar surface area (TPSA) is 105 Å². The Kier molecular flexibility index (Phi) is 37.6. The molecule has 0 bridgehead atoms. The van der Waals surface area contributed by atoms with Gasteiger partial charge in [0.25, 0.3) is 0 Å². The van der Waals surface area contributed by atoms with Crippen LogP contribution in [0.1, 0.15) is 128 Å². The van der Waals surface area contributed by atoms with E-state index in [1.807, 2.05) is 0 Å². The van der Waals surface area contributed by atoms with E-state index in [4.69, 9.17) is 52.1 Å². The van der Waals surface area contributed by atoms with Gasteiger partial charge in [0.2, 0.25) is 0 Å². The summed E-state index contributed by atoms with van der Waals surface area (Å²) in [6.45, 7) is 40.1. The minimum Gasteiger partial charge on any atom is -0.383 e. The van der Waals surface area contributed by atoms with Crippen molar-refractivity contribution in [3.63, 3.8) is 0 Å². The summed E-state index contributed by atoms with van der Waals surface area (Å²) in [6.07, 6.45) is 10.4. The normalized spacial score (nSPS) is 29.6. The average Bonchev–Trinajstić information content (AvgIpc) is 4.17. The first-order valence-corrected chi connectivity index (χ1v) is 27.2. The quantitative estimate of drug-likeness (QED) is 0.123. The van der Waals surface area contributed by atoms with Crippen molar-refractivity contribution in [1.82, 2.24) is 4.90 Å². The molecule has 0 aromatic carbocycles. The van der Waals surface area contributed by atoms with Crippen LogP contribution in [0.2, 0.25) is 0 Å². The first-order valence-electron chi connectivity index (χ1n) is 27.2. The van der Waals surface area contributed by atoms with Crippen LogP contribution in [0.5, 0.6) is 0 Å². The molecule has 12 nitrogen and oxygen atoms in total. The van der Waals surface area contributed by atoms with Crippen LogP contribution in [-0.2, 0) is 52.1 Å². The molecule has 6 saturated heterocycles. The molecule has 0 spiro atoms. The van der Waals surface area contributed by atoms with Crippen LogP contribution >= 0.6 is 0 Å². The molecule has 0 N–H and O–H groups in total. The van der Waals surface area contributed by atoms with E-state index < -0.39 is 0 Å². The number of methoxy groups -OCH3 is 6. The van der Waals surface area contributed by atoms with E-state index in [9.17, 15) is 0 Å². The molecule has 6 fully saturated rings. The fraction of sp³-hybridized carbons (Fsp3) is 1.00. The highest BCUT2D eigenvalue weighted by molar-refractivity contribution is 4.79. The van der Waals surface area contributed by atoms with Gasteiger partial charge in [-0.1, -0.05) is 83.1 Å². The Balaban J connectivity index is 0.000000408. The maximum atomic E-state index is 5.54. The van der Waals surface area contributed by atoms with Crippen LogP contribution < -0.4 is 0 Å². The van der Waals surface area contributed by atoms with Crippen molar-refractivity contribution in [3.05, 3.63) is 0 Å². The molecule has 0 amide bonds. The predicted octanol–water partition coefficient (Wildman–Crippen LogP) is 10.5. The second-order valence-corrected chi connectivity index (χ2v) is 22.7. The van der Waals surface area contributed by atoms with Gasteiger partial charge in [0, 0.05) is 49.2 Å². The van der Waals surface area contributed by atoms with Crippen LogP contribution in [0, 0.1) is 71.0 Å². The molecule has 6 aliphatic rings. The number of likely N-dealkylation sites (tertiary alicyclic amines) is 1. The van der Waals surface area contributed by atoms with Crippen LogP contribution in [0.25, 0.3) is 0 Å². The summed E-state index contributed by atoms with van der Waals surface area (Å²) in [6, 6.07) is 0. The van der Waals surface area contributed by atoms with Crippen molar-refractivity contribution >= 4 is 0 Å². The Labute approximate surface area is 420 Å². The number of piperidine rings is 1. The van der Waals surface area contributed by atoms with Gasteiger partial charge in [-0.2, -0.15) is 0 Å². The lowest BCUT2D eigenvalue weighted by Crippen LogP contribution is -2.37. The number of nitrogens with zero attached hydrogens (tertiary/aromatic N) is 1. The molecule has 6 heterocycles. The SMILES string of the molecule is COCC1CC(C(C)C)CO1.COCCN1CCC(C(C)C)CC1.COC[C@@H]1C[C@@H](C(C)C)CO1.COC[C@@H]1C[C@H](C(C)C)CO1.COC[C@H]1C[C@@H](C(C)C)CO1.COC[C@H]1C[C@H](C(C)C)CO1. The third-order valence-corrected chi connectivity index (χ3v) is 15.2. The van der Waals surface area contributed by atoms with Gasteiger partial charge in [-0.05, 0) is 129 Å².